The normalized spacial score (nSPS) is 20.1. The first kappa shape index (κ1) is 23.7. The second kappa shape index (κ2) is 10.4. The van der Waals surface area contributed by atoms with Crippen LogP contribution in [0.25, 0.3) is 0 Å². The molecule has 5 nitrogen and oxygen atoms in total. The molecular formula is C31H32N4OS. The maximum absolute atomic E-state index is 6.08. The summed E-state index contributed by atoms with van der Waals surface area (Å²) >= 11 is 5.95. The highest BCUT2D eigenvalue weighted by atomic mass is 32.1. The largest absolute Gasteiger partial charge is 0.457 e. The zero-order valence-corrected chi connectivity index (χ0v) is 21.9. The minimum absolute atomic E-state index is 0.0109. The molecule has 0 unspecified atom stereocenters. The fourth-order valence-electron chi connectivity index (χ4n) is 5.70. The Morgan fingerprint density at radius 2 is 1.59 bits per heavy atom. The van der Waals surface area contributed by atoms with E-state index < -0.39 is 0 Å². The summed E-state index contributed by atoms with van der Waals surface area (Å²) in [6.07, 6.45) is 10.5. The van der Waals surface area contributed by atoms with Gasteiger partial charge in [-0.05, 0) is 92.6 Å². The Morgan fingerprint density at radius 3 is 2.30 bits per heavy atom. The summed E-state index contributed by atoms with van der Waals surface area (Å²) in [4.78, 5) is 6.96. The number of nitrogens with zero attached hydrogens (tertiary/aromatic N) is 3. The Balaban J connectivity index is 1.35. The molecule has 0 radical (unpaired) electrons. The van der Waals surface area contributed by atoms with Gasteiger partial charge in [0.15, 0.2) is 5.11 Å². The van der Waals surface area contributed by atoms with Gasteiger partial charge in [-0.3, -0.25) is 4.98 Å². The van der Waals surface area contributed by atoms with Gasteiger partial charge in [0.25, 0.3) is 0 Å². The Labute approximate surface area is 224 Å². The van der Waals surface area contributed by atoms with Crippen molar-refractivity contribution in [2.45, 2.75) is 57.2 Å². The van der Waals surface area contributed by atoms with E-state index in [1.165, 1.54) is 43.4 Å². The molecule has 3 heterocycles. The number of thiocarbonyl (C=S) groups is 1. The van der Waals surface area contributed by atoms with E-state index in [4.69, 9.17) is 21.9 Å². The van der Waals surface area contributed by atoms with Gasteiger partial charge in [-0.15, -0.1) is 0 Å². The monoisotopic (exact) mass is 508 g/mol. The lowest BCUT2D eigenvalue weighted by atomic mass is 9.94. The fourth-order valence-corrected chi connectivity index (χ4v) is 6.05. The zero-order valence-electron chi connectivity index (χ0n) is 21.1. The molecule has 6 heteroatoms. The third kappa shape index (κ3) is 4.86. The average Bonchev–Trinajstić information content (AvgIpc) is 3.56. The van der Waals surface area contributed by atoms with Crippen molar-refractivity contribution in [3.63, 3.8) is 0 Å². The van der Waals surface area contributed by atoms with Crippen LogP contribution < -0.4 is 15.0 Å². The highest BCUT2D eigenvalue weighted by Crippen LogP contribution is 2.43. The molecule has 2 aliphatic rings. The van der Waals surface area contributed by atoms with Gasteiger partial charge < -0.3 is 19.5 Å². The molecule has 2 aromatic heterocycles. The summed E-state index contributed by atoms with van der Waals surface area (Å²) in [5.41, 5.74) is 4.51. The molecule has 1 saturated carbocycles. The fraction of sp³-hybridized carbons (Fsp3) is 0.290. The van der Waals surface area contributed by atoms with E-state index in [0.29, 0.717) is 11.2 Å². The number of aryl methyl sites for hydroxylation is 1. The minimum Gasteiger partial charge on any atom is -0.457 e. The molecule has 0 spiro atoms. The molecule has 1 aliphatic carbocycles. The van der Waals surface area contributed by atoms with E-state index in [0.717, 1.165) is 22.9 Å². The van der Waals surface area contributed by atoms with Crippen LogP contribution in [-0.4, -0.2) is 14.7 Å². The molecule has 0 bridgehead atoms. The van der Waals surface area contributed by atoms with Gasteiger partial charge in [0, 0.05) is 29.8 Å². The summed E-state index contributed by atoms with van der Waals surface area (Å²) in [6, 6.07) is 27.3. The number of rotatable bonds is 6. The van der Waals surface area contributed by atoms with Gasteiger partial charge in [-0.1, -0.05) is 43.0 Å². The molecule has 2 fully saturated rings. The Kier molecular flexibility index (Phi) is 6.66. The molecule has 6 rings (SSSR count). The molecule has 1 N–H and O–H groups in total. The van der Waals surface area contributed by atoms with Crippen molar-refractivity contribution in [3.05, 3.63) is 108 Å². The van der Waals surface area contributed by atoms with Gasteiger partial charge in [0.05, 0.1) is 11.7 Å². The third-order valence-corrected chi connectivity index (χ3v) is 7.87. The molecule has 37 heavy (non-hydrogen) atoms. The standard InChI is InChI=1S/C31H32N4OS/c1-22-12-16-25(17-13-22)36-26-18-14-24(15-19-26)35-30(29(33-31(35)37)27-10-5-6-20-32-27)28-11-7-21-34(28)23-8-3-2-4-9-23/h5-7,10-21,23,29-30H,2-4,8-9H2,1H3,(H,33,37)/t29-,30+/m1/s1. The smallest absolute Gasteiger partial charge is 0.174 e. The second-order valence-corrected chi connectivity index (χ2v) is 10.4. The highest BCUT2D eigenvalue weighted by Gasteiger charge is 2.42. The highest BCUT2D eigenvalue weighted by molar-refractivity contribution is 7.80. The van der Waals surface area contributed by atoms with Gasteiger partial charge in [0.1, 0.15) is 17.5 Å². The number of ether oxygens (including phenoxy) is 1. The molecule has 4 aromatic rings. The van der Waals surface area contributed by atoms with Crippen LogP contribution in [0.1, 0.15) is 67.2 Å². The molecule has 2 atom stereocenters. The van der Waals surface area contributed by atoms with Gasteiger partial charge in [-0.2, -0.15) is 0 Å². The van der Waals surface area contributed by atoms with E-state index in [1.807, 2.05) is 42.6 Å². The van der Waals surface area contributed by atoms with Crippen molar-refractivity contribution < 1.29 is 4.74 Å². The van der Waals surface area contributed by atoms with E-state index in [-0.39, 0.29) is 12.1 Å². The Hall–Kier alpha value is -3.64. The van der Waals surface area contributed by atoms with E-state index in [9.17, 15) is 0 Å². The lowest BCUT2D eigenvalue weighted by Gasteiger charge is -2.32. The van der Waals surface area contributed by atoms with Crippen LogP contribution >= 0.6 is 12.2 Å². The van der Waals surface area contributed by atoms with E-state index in [1.54, 1.807) is 0 Å². The topological polar surface area (TPSA) is 42.3 Å². The minimum atomic E-state index is -0.0468. The maximum Gasteiger partial charge on any atom is 0.174 e. The van der Waals surface area contributed by atoms with Crippen LogP contribution in [0.4, 0.5) is 5.69 Å². The molecule has 188 valence electrons. The first-order chi connectivity index (χ1) is 18.2. The molecule has 1 saturated heterocycles. The SMILES string of the molecule is Cc1ccc(Oc2ccc(N3C(=S)N[C@H](c4ccccn4)[C@@H]3c3cccn3C3CCCCC3)cc2)cc1. The van der Waals surface area contributed by atoms with Crippen LogP contribution in [0.15, 0.2) is 91.3 Å². The number of hydrogen-bond acceptors (Lipinski definition) is 3. The van der Waals surface area contributed by atoms with E-state index in [2.05, 4.69) is 70.4 Å². The summed E-state index contributed by atoms with van der Waals surface area (Å²) in [5, 5.41) is 4.31. The van der Waals surface area contributed by atoms with Gasteiger partial charge in [0.2, 0.25) is 0 Å². The van der Waals surface area contributed by atoms with Crippen LogP contribution in [0.2, 0.25) is 0 Å². The Morgan fingerprint density at radius 1 is 0.865 bits per heavy atom. The number of anilines is 1. The lowest BCUT2D eigenvalue weighted by molar-refractivity contribution is 0.340. The van der Waals surface area contributed by atoms with Crippen LogP contribution in [-0.2, 0) is 0 Å². The van der Waals surface area contributed by atoms with Crippen molar-refractivity contribution >= 4 is 23.0 Å². The lowest BCUT2D eigenvalue weighted by Crippen LogP contribution is -2.31. The summed E-state index contributed by atoms with van der Waals surface area (Å²) < 4.78 is 8.58. The molecule has 1 aliphatic heterocycles. The predicted molar refractivity (Wildman–Crippen MR) is 152 cm³/mol. The number of nitrogens with one attached hydrogen (secondary N) is 1. The van der Waals surface area contributed by atoms with Gasteiger partial charge in [-0.25, -0.2) is 0 Å². The number of aromatic nitrogens is 2. The quantitative estimate of drug-likeness (QED) is 0.271. The van der Waals surface area contributed by atoms with Crippen LogP contribution in [0.3, 0.4) is 0 Å². The second-order valence-electron chi connectivity index (χ2n) is 10.0. The van der Waals surface area contributed by atoms with Crippen LogP contribution in [0, 0.1) is 6.92 Å². The number of benzene rings is 2. The van der Waals surface area contributed by atoms with E-state index >= 15 is 0 Å². The predicted octanol–water partition coefficient (Wildman–Crippen LogP) is 7.67. The number of pyridine rings is 1. The first-order valence-corrected chi connectivity index (χ1v) is 13.6. The Bertz CT molecular complexity index is 1340. The van der Waals surface area contributed by atoms with Crippen molar-refractivity contribution in [1.82, 2.24) is 14.9 Å². The zero-order chi connectivity index (χ0) is 25.2. The summed E-state index contributed by atoms with van der Waals surface area (Å²) in [5.74, 6) is 1.63. The molecular weight excluding hydrogens is 476 g/mol. The maximum atomic E-state index is 6.08. The van der Waals surface area contributed by atoms with Gasteiger partial charge >= 0.3 is 0 Å². The summed E-state index contributed by atoms with van der Waals surface area (Å²) in [6.45, 7) is 2.07. The summed E-state index contributed by atoms with van der Waals surface area (Å²) in [7, 11) is 0. The number of hydrogen-bond donors (Lipinski definition) is 1. The van der Waals surface area contributed by atoms with Crippen LogP contribution in [0.5, 0.6) is 11.5 Å². The first-order valence-electron chi connectivity index (χ1n) is 13.2. The van der Waals surface area contributed by atoms with Crippen molar-refractivity contribution in [2.75, 3.05) is 4.90 Å². The molecule has 2 aromatic carbocycles. The van der Waals surface area contributed by atoms with Crippen molar-refractivity contribution in [3.8, 4) is 11.5 Å². The third-order valence-electron chi connectivity index (χ3n) is 7.55. The molecule has 0 amide bonds. The average molecular weight is 509 g/mol. The van der Waals surface area contributed by atoms with Crippen molar-refractivity contribution in [2.24, 2.45) is 0 Å². The van der Waals surface area contributed by atoms with Crippen molar-refractivity contribution in [1.29, 1.82) is 0 Å².